The average molecular weight is 416 g/mol. The van der Waals surface area contributed by atoms with E-state index in [-0.39, 0.29) is 23.9 Å². The number of likely N-dealkylation sites (tertiary alicyclic amines) is 1. The van der Waals surface area contributed by atoms with E-state index in [0.29, 0.717) is 37.1 Å². The summed E-state index contributed by atoms with van der Waals surface area (Å²) in [5, 5.41) is 11.5. The Labute approximate surface area is 178 Å². The van der Waals surface area contributed by atoms with Gasteiger partial charge in [0, 0.05) is 37.1 Å². The standard InChI is InChI=1S/C22H33N5O3/c1-2-13-23-21(29)25-18-9-11-19(12-10-18)26-22(30)27-14-5-6-16(15-27)20(28)24-17-7-3-4-8-17/h9-12,16-17H,2-8,13-15H2,1H3,(H,24,28)(H,26,30)(H2,23,25,29). The summed E-state index contributed by atoms with van der Waals surface area (Å²) in [5.41, 5.74) is 1.31. The number of urea groups is 2. The first-order chi connectivity index (χ1) is 14.5. The summed E-state index contributed by atoms with van der Waals surface area (Å²) in [6.07, 6.45) is 7.01. The maximum Gasteiger partial charge on any atom is 0.321 e. The van der Waals surface area contributed by atoms with Crippen molar-refractivity contribution in [1.29, 1.82) is 0 Å². The van der Waals surface area contributed by atoms with Gasteiger partial charge in [-0.1, -0.05) is 19.8 Å². The first kappa shape index (κ1) is 21.9. The second-order valence-electron chi connectivity index (χ2n) is 8.16. The Morgan fingerprint density at radius 1 is 0.967 bits per heavy atom. The molecule has 0 spiro atoms. The van der Waals surface area contributed by atoms with Crippen LogP contribution in [0.15, 0.2) is 24.3 Å². The minimum atomic E-state index is -0.246. The highest BCUT2D eigenvalue weighted by molar-refractivity contribution is 5.92. The number of piperidine rings is 1. The lowest BCUT2D eigenvalue weighted by Gasteiger charge is -2.32. The summed E-state index contributed by atoms with van der Waals surface area (Å²) in [5.74, 6) is -0.0607. The van der Waals surface area contributed by atoms with Gasteiger partial charge in [0.05, 0.1) is 5.92 Å². The molecule has 1 atom stereocenters. The molecule has 2 fully saturated rings. The molecule has 164 valence electrons. The van der Waals surface area contributed by atoms with Gasteiger partial charge in [0.2, 0.25) is 5.91 Å². The molecule has 4 N–H and O–H groups in total. The van der Waals surface area contributed by atoms with Crippen LogP contribution in [-0.4, -0.2) is 48.5 Å². The van der Waals surface area contributed by atoms with Crippen LogP contribution in [0.5, 0.6) is 0 Å². The van der Waals surface area contributed by atoms with E-state index in [1.165, 1.54) is 12.8 Å². The minimum Gasteiger partial charge on any atom is -0.353 e. The predicted octanol–water partition coefficient (Wildman–Crippen LogP) is 3.52. The average Bonchev–Trinajstić information content (AvgIpc) is 3.26. The quantitative estimate of drug-likeness (QED) is 0.572. The third-order valence-electron chi connectivity index (χ3n) is 5.71. The normalized spacial score (nSPS) is 19.2. The molecule has 0 radical (unpaired) electrons. The Morgan fingerprint density at radius 3 is 2.30 bits per heavy atom. The summed E-state index contributed by atoms with van der Waals surface area (Å²) < 4.78 is 0. The van der Waals surface area contributed by atoms with Crippen molar-refractivity contribution in [3.8, 4) is 0 Å². The van der Waals surface area contributed by atoms with Gasteiger partial charge in [-0.05, 0) is 56.4 Å². The summed E-state index contributed by atoms with van der Waals surface area (Å²) in [6.45, 7) is 3.71. The third-order valence-corrected chi connectivity index (χ3v) is 5.71. The molecule has 8 heteroatoms. The molecular formula is C22H33N5O3. The van der Waals surface area contributed by atoms with E-state index < -0.39 is 0 Å². The van der Waals surface area contributed by atoms with E-state index >= 15 is 0 Å². The lowest BCUT2D eigenvalue weighted by molar-refractivity contribution is -0.126. The van der Waals surface area contributed by atoms with Crippen LogP contribution in [0.3, 0.4) is 0 Å². The number of nitrogens with zero attached hydrogens (tertiary/aromatic N) is 1. The number of benzene rings is 1. The maximum atomic E-state index is 12.7. The highest BCUT2D eigenvalue weighted by atomic mass is 16.2. The van der Waals surface area contributed by atoms with Gasteiger partial charge in [0.1, 0.15) is 0 Å². The fraction of sp³-hybridized carbons (Fsp3) is 0.591. The molecule has 1 saturated carbocycles. The summed E-state index contributed by atoms with van der Waals surface area (Å²) in [4.78, 5) is 38.6. The Morgan fingerprint density at radius 2 is 1.63 bits per heavy atom. The molecule has 1 aliphatic carbocycles. The van der Waals surface area contributed by atoms with Gasteiger partial charge >= 0.3 is 12.1 Å². The molecule has 8 nitrogen and oxygen atoms in total. The van der Waals surface area contributed by atoms with Crippen LogP contribution >= 0.6 is 0 Å². The Hall–Kier alpha value is -2.77. The molecular weight excluding hydrogens is 382 g/mol. The number of amides is 5. The highest BCUT2D eigenvalue weighted by Crippen LogP contribution is 2.22. The Bertz CT molecular complexity index is 731. The number of hydrogen-bond acceptors (Lipinski definition) is 3. The van der Waals surface area contributed by atoms with Crippen molar-refractivity contribution in [2.24, 2.45) is 5.92 Å². The van der Waals surface area contributed by atoms with Gasteiger partial charge in [-0.2, -0.15) is 0 Å². The van der Waals surface area contributed by atoms with Crippen molar-refractivity contribution in [1.82, 2.24) is 15.5 Å². The van der Waals surface area contributed by atoms with Crippen LogP contribution in [0, 0.1) is 5.92 Å². The molecule has 1 unspecified atom stereocenters. The number of rotatable bonds is 6. The molecule has 0 bridgehead atoms. The lowest BCUT2D eigenvalue weighted by Crippen LogP contribution is -2.48. The number of carbonyl (C=O) groups excluding carboxylic acids is 3. The van der Waals surface area contributed by atoms with Crippen molar-refractivity contribution in [3.05, 3.63) is 24.3 Å². The molecule has 1 aromatic rings. The van der Waals surface area contributed by atoms with Gasteiger partial charge < -0.3 is 26.2 Å². The topological polar surface area (TPSA) is 103 Å². The number of nitrogens with one attached hydrogen (secondary N) is 4. The van der Waals surface area contributed by atoms with Gasteiger partial charge in [-0.15, -0.1) is 0 Å². The van der Waals surface area contributed by atoms with E-state index in [9.17, 15) is 14.4 Å². The van der Waals surface area contributed by atoms with Crippen LogP contribution in [0.25, 0.3) is 0 Å². The van der Waals surface area contributed by atoms with E-state index in [2.05, 4.69) is 21.3 Å². The lowest BCUT2D eigenvalue weighted by atomic mass is 9.97. The Balaban J connectivity index is 1.47. The zero-order valence-corrected chi connectivity index (χ0v) is 17.7. The van der Waals surface area contributed by atoms with Gasteiger partial charge in [0.25, 0.3) is 0 Å². The summed E-state index contributed by atoms with van der Waals surface area (Å²) in [7, 11) is 0. The van der Waals surface area contributed by atoms with Gasteiger partial charge in [-0.25, -0.2) is 9.59 Å². The molecule has 1 heterocycles. The van der Waals surface area contributed by atoms with Crippen molar-refractivity contribution in [2.45, 2.75) is 57.9 Å². The van der Waals surface area contributed by atoms with Crippen LogP contribution < -0.4 is 21.3 Å². The third kappa shape index (κ3) is 6.37. The molecule has 30 heavy (non-hydrogen) atoms. The smallest absolute Gasteiger partial charge is 0.321 e. The minimum absolute atomic E-state index is 0.0798. The molecule has 1 aliphatic heterocycles. The van der Waals surface area contributed by atoms with Crippen LogP contribution in [-0.2, 0) is 4.79 Å². The van der Waals surface area contributed by atoms with Crippen molar-refractivity contribution >= 4 is 29.3 Å². The fourth-order valence-electron chi connectivity index (χ4n) is 4.02. The second-order valence-corrected chi connectivity index (χ2v) is 8.16. The Kier molecular flexibility index (Phi) is 7.93. The predicted molar refractivity (Wildman–Crippen MR) is 117 cm³/mol. The maximum absolute atomic E-state index is 12.7. The van der Waals surface area contributed by atoms with Crippen LogP contribution in [0.2, 0.25) is 0 Å². The van der Waals surface area contributed by atoms with E-state index in [1.54, 1.807) is 29.2 Å². The monoisotopic (exact) mass is 415 g/mol. The number of carbonyl (C=O) groups is 3. The summed E-state index contributed by atoms with van der Waals surface area (Å²) >= 11 is 0. The highest BCUT2D eigenvalue weighted by Gasteiger charge is 2.30. The van der Waals surface area contributed by atoms with Crippen molar-refractivity contribution in [3.63, 3.8) is 0 Å². The molecule has 1 saturated heterocycles. The van der Waals surface area contributed by atoms with E-state index in [4.69, 9.17) is 0 Å². The van der Waals surface area contributed by atoms with E-state index in [1.807, 2.05) is 6.92 Å². The number of hydrogen-bond donors (Lipinski definition) is 4. The molecule has 2 aliphatic rings. The molecule has 0 aromatic heterocycles. The van der Waals surface area contributed by atoms with E-state index in [0.717, 1.165) is 32.1 Å². The van der Waals surface area contributed by atoms with Gasteiger partial charge in [0.15, 0.2) is 0 Å². The number of anilines is 2. The first-order valence-electron chi connectivity index (χ1n) is 11.1. The molecule has 3 rings (SSSR count). The largest absolute Gasteiger partial charge is 0.353 e. The summed E-state index contributed by atoms with van der Waals surface area (Å²) in [6, 6.07) is 6.85. The van der Waals surface area contributed by atoms with Gasteiger partial charge in [-0.3, -0.25) is 4.79 Å². The van der Waals surface area contributed by atoms with Crippen molar-refractivity contribution < 1.29 is 14.4 Å². The van der Waals surface area contributed by atoms with Crippen molar-refractivity contribution in [2.75, 3.05) is 30.3 Å². The second kappa shape index (κ2) is 10.8. The molecule has 1 aromatic carbocycles. The zero-order chi connectivity index (χ0) is 21.3. The molecule has 5 amide bonds. The van der Waals surface area contributed by atoms with Crippen LogP contribution in [0.4, 0.5) is 21.0 Å². The zero-order valence-electron chi connectivity index (χ0n) is 17.7. The first-order valence-corrected chi connectivity index (χ1v) is 11.1. The fourth-order valence-corrected chi connectivity index (χ4v) is 4.02. The SMILES string of the molecule is CCCNC(=O)Nc1ccc(NC(=O)N2CCCC(C(=O)NC3CCCC3)C2)cc1. The van der Waals surface area contributed by atoms with Crippen LogP contribution in [0.1, 0.15) is 51.9 Å².